The minimum absolute atomic E-state index is 0.191. The molecule has 0 aliphatic heterocycles. The number of rotatable bonds is 6. The Kier molecular flexibility index (Phi) is 7.34. The standard InChI is InChI=1S/C12H23NO4/c1-8(2)6-7-10(13-12(15)16-5)11(14)17-9(3)4/h8-10H,6-7H2,1-5H3,(H,13,15)/t10-/m0/s1. The summed E-state index contributed by atoms with van der Waals surface area (Å²) in [5, 5.41) is 2.49. The largest absolute Gasteiger partial charge is 0.461 e. The van der Waals surface area contributed by atoms with Gasteiger partial charge in [-0.1, -0.05) is 13.8 Å². The molecule has 0 saturated carbocycles. The molecule has 0 bridgehead atoms. The zero-order chi connectivity index (χ0) is 13.4. The molecular weight excluding hydrogens is 222 g/mol. The predicted molar refractivity (Wildman–Crippen MR) is 64.6 cm³/mol. The van der Waals surface area contributed by atoms with Gasteiger partial charge in [-0.15, -0.1) is 0 Å². The Balaban J connectivity index is 4.37. The first kappa shape index (κ1) is 15.7. The third-order valence-electron chi connectivity index (χ3n) is 2.15. The molecule has 0 aliphatic rings. The molecule has 1 amide bonds. The van der Waals surface area contributed by atoms with Crippen molar-refractivity contribution in [3.8, 4) is 0 Å². The van der Waals surface area contributed by atoms with Gasteiger partial charge in [0, 0.05) is 0 Å². The number of ether oxygens (including phenoxy) is 2. The fraction of sp³-hybridized carbons (Fsp3) is 0.833. The molecule has 100 valence electrons. The van der Waals surface area contributed by atoms with E-state index in [2.05, 4.69) is 23.9 Å². The summed E-state index contributed by atoms with van der Waals surface area (Å²) in [7, 11) is 1.27. The molecular formula is C12H23NO4. The molecule has 0 aromatic rings. The average Bonchev–Trinajstić information content (AvgIpc) is 2.22. The molecule has 0 spiro atoms. The lowest BCUT2D eigenvalue weighted by Crippen LogP contribution is -2.42. The fourth-order valence-corrected chi connectivity index (χ4v) is 1.26. The Morgan fingerprint density at radius 1 is 1.12 bits per heavy atom. The van der Waals surface area contributed by atoms with Gasteiger partial charge in [0.25, 0.3) is 0 Å². The summed E-state index contributed by atoms with van der Waals surface area (Å²) >= 11 is 0. The molecule has 0 saturated heterocycles. The average molecular weight is 245 g/mol. The van der Waals surface area contributed by atoms with Gasteiger partial charge in [0.05, 0.1) is 13.2 Å². The lowest BCUT2D eigenvalue weighted by Gasteiger charge is -2.19. The lowest BCUT2D eigenvalue weighted by atomic mass is 10.0. The van der Waals surface area contributed by atoms with Crippen LogP contribution in [0.25, 0.3) is 0 Å². The first-order valence-electron chi connectivity index (χ1n) is 5.91. The second kappa shape index (κ2) is 7.92. The molecule has 5 heteroatoms. The predicted octanol–water partition coefficient (Wildman–Crippen LogP) is 2.10. The van der Waals surface area contributed by atoms with Crippen molar-refractivity contribution in [2.45, 2.75) is 52.7 Å². The molecule has 0 fully saturated rings. The van der Waals surface area contributed by atoms with Gasteiger partial charge in [-0.3, -0.25) is 0 Å². The van der Waals surface area contributed by atoms with Gasteiger partial charge in [0.15, 0.2) is 0 Å². The van der Waals surface area contributed by atoms with E-state index in [0.29, 0.717) is 12.3 Å². The number of nitrogens with one attached hydrogen (secondary N) is 1. The molecule has 0 rings (SSSR count). The topological polar surface area (TPSA) is 64.6 Å². The number of esters is 1. The van der Waals surface area contributed by atoms with Crippen LogP contribution in [0.5, 0.6) is 0 Å². The third kappa shape index (κ3) is 7.60. The molecule has 0 radical (unpaired) electrons. The second-order valence-electron chi connectivity index (χ2n) is 4.65. The van der Waals surface area contributed by atoms with Crippen molar-refractivity contribution in [3.63, 3.8) is 0 Å². The number of methoxy groups -OCH3 is 1. The van der Waals surface area contributed by atoms with Crippen LogP contribution in [0.2, 0.25) is 0 Å². The zero-order valence-electron chi connectivity index (χ0n) is 11.3. The lowest BCUT2D eigenvalue weighted by molar-refractivity contribution is -0.150. The van der Waals surface area contributed by atoms with E-state index < -0.39 is 18.1 Å². The van der Waals surface area contributed by atoms with Gasteiger partial charge in [0.1, 0.15) is 6.04 Å². The molecule has 1 N–H and O–H groups in total. The van der Waals surface area contributed by atoms with Crippen LogP contribution >= 0.6 is 0 Å². The number of carbonyl (C=O) groups is 2. The van der Waals surface area contributed by atoms with E-state index in [1.54, 1.807) is 13.8 Å². The van der Waals surface area contributed by atoms with Crippen LogP contribution in [0.15, 0.2) is 0 Å². The number of hydrogen-bond acceptors (Lipinski definition) is 4. The first-order valence-corrected chi connectivity index (χ1v) is 5.91. The van der Waals surface area contributed by atoms with Crippen LogP contribution in [-0.4, -0.2) is 31.3 Å². The molecule has 0 unspecified atom stereocenters. The van der Waals surface area contributed by atoms with Crippen molar-refractivity contribution in [2.75, 3.05) is 7.11 Å². The van der Waals surface area contributed by atoms with Gasteiger partial charge in [-0.05, 0) is 32.6 Å². The number of amides is 1. The molecule has 1 atom stereocenters. The maximum absolute atomic E-state index is 11.7. The number of alkyl carbamates (subject to hydrolysis) is 1. The normalized spacial score (nSPS) is 12.4. The van der Waals surface area contributed by atoms with Gasteiger partial charge in [0.2, 0.25) is 0 Å². The Morgan fingerprint density at radius 2 is 1.71 bits per heavy atom. The van der Waals surface area contributed by atoms with Gasteiger partial charge in [-0.2, -0.15) is 0 Å². The molecule has 17 heavy (non-hydrogen) atoms. The summed E-state index contributed by atoms with van der Waals surface area (Å²) in [4.78, 5) is 22.8. The van der Waals surface area contributed by atoms with Crippen molar-refractivity contribution in [1.82, 2.24) is 5.32 Å². The summed E-state index contributed by atoms with van der Waals surface area (Å²) in [5.74, 6) is 0.0508. The smallest absolute Gasteiger partial charge is 0.407 e. The number of hydrogen-bond donors (Lipinski definition) is 1. The summed E-state index contributed by atoms with van der Waals surface area (Å²) < 4.78 is 9.57. The minimum Gasteiger partial charge on any atom is -0.461 e. The van der Waals surface area contributed by atoms with Crippen molar-refractivity contribution in [2.24, 2.45) is 5.92 Å². The quantitative estimate of drug-likeness (QED) is 0.728. The Hall–Kier alpha value is -1.26. The SMILES string of the molecule is COC(=O)N[C@@H](CCC(C)C)C(=O)OC(C)C. The number of carbonyl (C=O) groups excluding carboxylic acids is 2. The van der Waals surface area contributed by atoms with E-state index >= 15 is 0 Å². The maximum atomic E-state index is 11.7. The highest BCUT2D eigenvalue weighted by Crippen LogP contribution is 2.09. The van der Waals surface area contributed by atoms with Gasteiger partial charge < -0.3 is 14.8 Å². The minimum atomic E-state index is -0.632. The van der Waals surface area contributed by atoms with Crippen LogP contribution in [0.1, 0.15) is 40.5 Å². The molecule has 0 aromatic heterocycles. The Labute approximate surface area is 103 Å². The summed E-state index contributed by atoms with van der Waals surface area (Å²) in [6, 6.07) is -0.632. The van der Waals surface area contributed by atoms with Crippen molar-refractivity contribution in [3.05, 3.63) is 0 Å². The van der Waals surface area contributed by atoms with Crippen molar-refractivity contribution >= 4 is 12.1 Å². The van der Waals surface area contributed by atoms with Crippen LogP contribution in [0, 0.1) is 5.92 Å². The first-order chi connectivity index (χ1) is 7.86. The van der Waals surface area contributed by atoms with E-state index in [1.165, 1.54) is 7.11 Å². The molecule has 0 aliphatic carbocycles. The maximum Gasteiger partial charge on any atom is 0.407 e. The van der Waals surface area contributed by atoms with Crippen LogP contribution in [-0.2, 0) is 14.3 Å². The molecule has 0 heterocycles. The van der Waals surface area contributed by atoms with E-state index in [9.17, 15) is 9.59 Å². The van der Waals surface area contributed by atoms with E-state index in [-0.39, 0.29) is 6.10 Å². The van der Waals surface area contributed by atoms with Gasteiger partial charge >= 0.3 is 12.1 Å². The van der Waals surface area contributed by atoms with Crippen LogP contribution in [0.4, 0.5) is 4.79 Å². The summed E-state index contributed by atoms with van der Waals surface area (Å²) in [5.41, 5.74) is 0. The highest BCUT2D eigenvalue weighted by Gasteiger charge is 2.23. The zero-order valence-corrected chi connectivity index (χ0v) is 11.3. The highest BCUT2D eigenvalue weighted by atomic mass is 16.6. The van der Waals surface area contributed by atoms with Crippen molar-refractivity contribution in [1.29, 1.82) is 0 Å². The van der Waals surface area contributed by atoms with E-state index in [4.69, 9.17) is 4.74 Å². The fourth-order valence-electron chi connectivity index (χ4n) is 1.26. The van der Waals surface area contributed by atoms with Crippen LogP contribution < -0.4 is 5.32 Å². The monoisotopic (exact) mass is 245 g/mol. The van der Waals surface area contributed by atoms with Crippen molar-refractivity contribution < 1.29 is 19.1 Å². The van der Waals surface area contributed by atoms with E-state index in [0.717, 1.165) is 6.42 Å². The molecule has 0 aromatic carbocycles. The second-order valence-corrected chi connectivity index (χ2v) is 4.65. The van der Waals surface area contributed by atoms with Crippen LogP contribution in [0.3, 0.4) is 0 Å². The van der Waals surface area contributed by atoms with Gasteiger partial charge in [-0.25, -0.2) is 9.59 Å². The summed E-state index contributed by atoms with van der Waals surface area (Å²) in [6.07, 6.45) is 0.586. The summed E-state index contributed by atoms with van der Waals surface area (Å²) in [6.45, 7) is 7.66. The third-order valence-corrected chi connectivity index (χ3v) is 2.15. The Morgan fingerprint density at radius 3 is 2.12 bits per heavy atom. The molecule has 5 nitrogen and oxygen atoms in total. The van der Waals surface area contributed by atoms with E-state index in [1.807, 2.05) is 0 Å². The highest BCUT2D eigenvalue weighted by molar-refractivity contribution is 5.81. The Bertz CT molecular complexity index is 251.